The van der Waals surface area contributed by atoms with E-state index in [1.165, 1.54) is 11.4 Å². The molecule has 6 rings (SSSR count). The fraction of sp³-hybridized carbons (Fsp3) is 0.531. The van der Waals surface area contributed by atoms with Crippen LogP contribution in [0.4, 0.5) is 18.0 Å². The molecule has 3 aliphatic rings. The van der Waals surface area contributed by atoms with Crippen LogP contribution in [0.2, 0.25) is 0 Å². The Morgan fingerprint density at radius 3 is 2.40 bits per heavy atom. The number of nitrogens with zero attached hydrogens (tertiary/aromatic N) is 3. The van der Waals surface area contributed by atoms with Crippen molar-refractivity contribution < 1.29 is 37.0 Å². The van der Waals surface area contributed by atoms with Crippen molar-refractivity contribution in [1.29, 1.82) is 0 Å². The third kappa shape index (κ3) is 6.21. The van der Waals surface area contributed by atoms with Gasteiger partial charge in [0.15, 0.2) is 11.1 Å². The second-order valence-corrected chi connectivity index (χ2v) is 12.5. The van der Waals surface area contributed by atoms with Crippen molar-refractivity contribution in [3.63, 3.8) is 0 Å². The van der Waals surface area contributed by atoms with Gasteiger partial charge in [0.2, 0.25) is 5.91 Å². The van der Waals surface area contributed by atoms with Gasteiger partial charge in [-0.3, -0.25) is 9.59 Å². The van der Waals surface area contributed by atoms with E-state index in [9.17, 15) is 27.6 Å². The average molecular weight is 628 g/mol. The molecule has 1 aromatic carbocycles. The SMILES string of the molecule is COC(=O)C1(C(C)c2ccc3nc([C@@H](NC(=O)OCc4ccccc4)C(C4CC4)C4CC4)cn3n2)C[C@@H](C(F)(F)F)CNC1=O. The van der Waals surface area contributed by atoms with E-state index >= 15 is 0 Å². The number of benzene rings is 1. The van der Waals surface area contributed by atoms with Crippen LogP contribution in [-0.4, -0.2) is 52.4 Å². The number of carbonyl (C=O) groups excluding carboxylic acids is 3. The number of fused-ring (bicyclic) bond motifs is 1. The smallest absolute Gasteiger partial charge is 0.408 e. The third-order valence-electron chi connectivity index (χ3n) is 9.56. The van der Waals surface area contributed by atoms with E-state index in [1.807, 2.05) is 30.3 Å². The zero-order valence-electron chi connectivity index (χ0n) is 25.0. The summed E-state index contributed by atoms with van der Waals surface area (Å²) in [4.78, 5) is 44.0. The highest BCUT2D eigenvalue weighted by Gasteiger charge is 2.60. The number of aromatic nitrogens is 3. The minimum atomic E-state index is -4.62. The molecule has 2 N–H and O–H groups in total. The Bertz CT molecular complexity index is 1550. The van der Waals surface area contributed by atoms with Crippen LogP contribution in [0.3, 0.4) is 0 Å². The molecule has 2 aromatic heterocycles. The second-order valence-electron chi connectivity index (χ2n) is 12.5. The molecule has 10 nitrogen and oxygen atoms in total. The molecule has 1 aliphatic heterocycles. The molecule has 3 fully saturated rings. The predicted molar refractivity (Wildman–Crippen MR) is 154 cm³/mol. The van der Waals surface area contributed by atoms with E-state index in [-0.39, 0.29) is 18.2 Å². The van der Waals surface area contributed by atoms with Gasteiger partial charge in [-0.25, -0.2) is 14.3 Å². The highest BCUT2D eigenvalue weighted by Crippen LogP contribution is 2.54. The number of alkyl halides is 3. The fourth-order valence-corrected chi connectivity index (χ4v) is 6.77. The highest BCUT2D eigenvalue weighted by molar-refractivity contribution is 6.04. The lowest BCUT2D eigenvalue weighted by molar-refractivity contribution is -0.196. The minimum absolute atomic E-state index is 0.121. The summed E-state index contributed by atoms with van der Waals surface area (Å²) in [5, 5.41) is 9.95. The lowest BCUT2D eigenvalue weighted by Crippen LogP contribution is -2.58. The molecule has 3 aromatic rings. The van der Waals surface area contributed by atoms with E-state index in [4.69, 9.17) is 14.5 Å². The first-order valence-corrected chi connectivity index (χ1v) is 15.3. The summed E-state index contributed by atoms with van der Waals surface area (Å²) in [6.45, 7) is 1.01. The van der Waals surface area contributed by atoms with Crippen LogP contribution in [0.5, 0.6) is 0 Å². The fourth-order valence-electron chi connectivity index (χ4n) is 6.77. The topological polar surface area (TPSA) is 124 Å². The molecule has 240 valence electrons. The van der Waals surface area contributed by atoms with Gasteiger partial charge in [-0.05, 0) is 67.6 Å². The Hall–Kier alpha value is -4.16. The van der Waals surface area contributed by atoms with Crippen LogP contribution >= 0.6 is 0 Å². The number of piperidine rings is 1. The highest BCUT2D eigenvalue weighted by atomic mass is 19.4. The minimum Gasteiger partial charge on any atom is -0.468 e. The molecule has 13 heteroatoms. The summed E-state index contributed by atoms with van der Waals surface area (Å²) in [5.41, 5.74) is -0.0104. The maximum absolute atomic E-state index is 13.8. The van der Waals surface area contributed by atoms with E-state index < -0.39 is 60.4 Å². The monoisotopic (exact) mass is 627 g/mol. The van der Waals surface area contributed by atoms with Gasteiger partial charge in [0, 0.05) is 12.5 Å². The van der Waals surface area contributed by atoms with Crippen molar-refractivity contribution in [2.45, 2.75) is 63.8 Å². The largest absolute Gasteiger partial charge is 0.468 e. The third-order valence-corrected chi connectivity index (χ3v) is 9.56. The lowest BCUT2D eigenvalue weighted by atomic mass is 9.66. The quantitative estimate of drug-likeness (QED) is 0.237. The van der Waals surface area contributed by atoms with E-state index in [0.717, 1.165) is 38.4 Å². The number of esters is 1. The summed E-state index contributed by atoms with van der Waals surface area (Å²) in [5.74, 6) is -3.78. The number of amides is 2. The number of hydrogen-bond acceptors (Lipinski definition) is 7. The molecule has 0 radical (unpaired) electrons. The first kappa shape index (κ1) is 30.8. The summed E-state index contributed by atoms with van der Waals surface area (Å²) >= 11 is 0. The van der Waals surface area contributed by atoms with Gasteiger partial charge in [-0.15, -0.1) is 0 Å². The van der Waals surface area contributed by atoms with Crippen molar-refractivity contribution in [3.05, 3.63) is 65.6 Å². The summed E-state index contributed by atoms with van der Waals surface area (Å²) in [7, 11) is 1.05. The summed E-state index contributed by atoms with van der Waals surface area (Å²) < 4.78 is 53.2. The van der Waals surface area contributed by atoms with Gasteiger partial charge in [0.1, 0.15) is 6.61 Å². The number of hydrogen-bond donors (Lipinski definition) is 2. The number of carbonyl (C=O) groups is 3. The molecular weight excluding hydrogens is 591 g/mol. The molecule has 3 heterocycles. The summed E-state index contributed by atoms with van der Waals surface area (Å²) in [6.07, 6.45) is 0.0436. The Balaban J connectivity index is 1.30. The Labute approximate surface area is 258 Å². The number of rotatable bonds is 10. The number of ether oxygens (including phenoxy) is 2. The van der Waals surface area contributed by atoms with Crippen molar-refractivity contribution in [3.8, 4) is 0 Å². The number of imidazole rings is 1. The van der Waals surface area contributed by atoms with Gasteiger partial charge in [0.05, 0.1) is 36.7 Å². The van der Waals surface area contributed by atoms with Crippen LogP contribution in [0.25, 0.3) is 5.65 Å². The van der Waals surface area contributed by atoms with Crippen LogP contribution in [-0.2, 0) is 25.7 Å². The maximum atomic E-state index is 13.8. The van der Waals surface area contributed by atoms with Crippen molar-refractivity contribution in [2.75, 3.05) is 13.7 Å². The standard InChI is InChI=1S/C32H36F3N5O5/c1-18(31(29(42)44-2)14-22(32(33,34)35)15-36-28(31)41)23-12-13-25-37-24(16-40(25)39-23)27(26(20-8-9-20)21-10-11-21)38-30(43)45-17-19-6-4-3-5-7-19/h3-7,12-13,16,18,20-22,26-27H,8-11,14-15,17H2,1-2H3,(H,36,41)(H,38,43)/t18?,22-,27-,31?/m1/s1. The van der Waals surface area contributed by atoms with Gasteiger partial charge < -0.3 is 20.1 Å². The van der Waals surface area contributed by atoms with Gasteiger partial charge >= 0.3 is 18.2 Å². The molecule has 2 amide bonds. The van der Waals surface area contributed by atoms with Crippen molar-refractivity contribution in [1.82, 2.24) is 25.2 Å². The average Bonchev–Trinajstić information content (AvgIpc) is 3.98. The van der Waals surface area contributed by atoms with Crippen LogP contribution in [0.15, 0.2) is 48.7 Å². The molecule has 0 bridgehead atoms. The van der Waals surface area contributed by atoms with Crippen LogP contribution < -0.4 is 10.6 Å². The van der Waals surface area contributed by atoms with Gasteiger partial charge in [-0.2, -0.15) is 18.3 Å². The normalized spacial score (nSPS) is 23.3. The Kier molecular flexibility index (Phi) is 8.21. The number of alkyl carbamates (subject to hydrolysis) is 1. The van der Waals surface area contributed by atoms with Crippen LogP contribution in [0.1, 0.15) is 67.9 Å². The summed E-state index contributed by atoms with van der Waals surface area (Å²) in [6, 6.07) is 12.1. The van der Waals surface area contributed by atoms with Crippen molar-refractivity contribution >= 4 is 23.6 Å². The number of halogens is 3. The Morgan fingerprint density at radius 2 is 1.78 bits per heavy atom. The predicted octanol–water partition coefficient (Wildman–Crippen LogP) is 5.09. The van der Waals surface area contributed by atoms with Gasteiger partial charge in [0.25, 0.3) is 0 Å². The maximum Gasteiger partial charge on any atom is 0.408 e. The molecule has 0 spiro atoms. The molecule has 2 saturated carbocycles. The number of methoxy groups -OCH3 is 1. The van der Waals surface area contributed by atoms with E-state index in [0.29, 0.717) is 23.2 Å². The molecule has 45 heavy (non-hydrogen) atoms. The zero-order valence-corrected chi connectivity index (χ0v) is 25.0. The molecular formula is C32H36F3N5O5. The number of nitrogens with one attached hydrogen (secondary N) is 2. The molecule has 1 saturated heterocycles. The molecule has 4 atom stereocenters. The molecule has 2 aliphatic carbocycles. The first-order valence-electron chi connectivity index (χ1n) is 15.3. The second kappa shape index (κ2) is 12.0. The zero-order chi connectivity index (χ0) is 31.9. The lowest BCUT2D eigenvalue weighted by Gasteiger charge is -2.41. The van der Waals surface area contributed by atoms with Crippen LogP contribution in [0, 0.1) is 29.1 Å². The first-order chi connectivity index (χ1) is 21.5. The van der Waals surface area contributed by atoms with E-state index in [2.05, 4.69) is 15.7 Å². The Morgan fingerprint density at radius 1 is 1.09 bits per heavy atom. The molecule has 2 unspecified atom stereocenters. The van der Waals surface area contributed by atoms with Gasteiger partial charge in [-0.1, -0.05) is 37.3 Å². The van der Waals surface area contributed by atoms with Crippen molar-refractivity contribution in [2.24, 2.45) is 29.1 Å². The van der Waals surface area contributed by atoms with E-state index in [1.54, 1.807) is 18.3 Å².